The van der Waals surface area contributed by atoms with E-state index in [-0.39, 0.29) is 18.0 Å². The molecule has 1 saturated heterocycles. The molecule has 4 rings (SSSR count). The Morgan fingerprint density at radius 1 is 1.11 bits per heavy atom. The molecule has 27 heavy (non-hydrogen) atoms. The van der Waals surface area contributed by atoms with E-state index in [0.717, 1.165) is 36.6 Å². The fraction of sp³-hybridized carbons (Fsp3) is 0.450. The van der Waals surface area contributed by atoms with Gasteiger partial charge in [0.15, 0.2) is 0 Å². The van der Waals surface area contributed by atoms with Crippen LogP contribution in [0.5, 0.6) is 0 Å². The van der Waals surface area contributed by atoms with Crippen LogP contribution in [-0.4, -0.2) is 54.2 Å². The lowest BCUT2D eigenvalue weighted by Crippen LogP contribution is -2.42. The number of benzene rings is 1. The SMILES string of the molecule is COC(=O)N1CCC(Nc2cc(C(=O)NC3CC3)c3ccccc3n2)CC1. The highest BCUT2D eigenvalue weighted by Gasteiger charge is 2.26. The maximum Gasteiger partial charge on any atom is 0.409 e. The number of hydrogen-bond acceptors (Lipinski definition) is 5. The van der Waals surface area contributed by atoms with E-state index in [2.05, 4.69) is 15.6 Å². The number of amides is 2. The van der Waals surface area contributed by atoms with Gasteiger partial charge in [0.05, 0.1) is 18.2 Å². The van der Waals surface area contributed by atoms with Crippen molar-refractivity contribution in [2.24, 2.45) is 0 Å². The van der Waals surface area contributed by atoms with E-state index in [1.165, 1.54) is 7.11 Å². The molecular weight excluding hydrogens is 344 g/mol. The maximum atomic E-state index is 12.7. The molecule has 1 aromatic carbocycles. The van der Waals surface area contributed by atoms with Crippen LogP contribution in [0.25, 0.3) is 10.9 Å². The van der Waals surface area contributed by atoms with Crippen LogP contribution in [0, 0.1) is 0 Å². The Morgan fingerprint density at radius 2 is 1.85 bits per heavy atom. The fourth-order valence-electron chi connectivity index (χ4n) is 3.47. The number of piperidine rings is 1. The van der Waals surface area contributed by atoms with Crippen LogP contribution in [0.3, 0.4) is 0 Å². The average molecular weight is 368 g/mol. The van der Waals surface area contributed by atoms with Crippen LogP contribution < -0.4 is 10.6 Å². The van der Waals surface area contributed by atoms with Gasteiger partial charge in [-0.25, -0.2) is 9.78 Å². The Hall–Kier alpha value is -2.83. The number of fused-ring (bicyclic) bond motifs is 1. The molecular formula is C20H24N4O3. The molecule has 2 aliphatic rings. The Kier molecular flexibility index (Phi) is 4.83. The van der Waals surface area contributed by atoms with E-state index >= 15 is 0 Å². The number of carbonyl (C=O) groups is 2. The first-order valence-electron chi connectivity index (χ1n) is 9.44. The molecule has 1 aliphatic carbocycles. The molecule has 0 spiro atoms. The summed E-state index contributed by atoms with van der Waals surface area (Å²) in [5.41, 5.74) is 1.46. The van der Waals surface area contributed by atoms with Gasteiger partial charge in [0.1, 0.15) is 5.82 Å². The van der Waals surface area contributed by atoms with Crippen LogP contribution in [0.2, 0.25) is 0 Å². The van der Waals surface area contributed by atoms with Crippen molar-refractivity contribution in [3.63, 3.8) is 0 Å². The standard InChI is InChI=1S/C20H24N4O3/c1-27-20(26)24-10-8-14(9-11-24)21-18-12-16(19(25)22-13-6-7-13)15-4-2-3-5-17(15)23-18/h2-5,12-14H,6-11H2,1H3,(H,21,23)(H,22,25). The predicted molar refractivity (Wildman–Crippen MR) is 103 cm³/mol. The van der Waals surface area contributed by atoms with E-state index in [0.29, 0.717) is 30.5 Å². The number of rotatable bonds is 4. The third-order valence-electron chi connectivity index (χ3n) is 5.15. The summed E-state index contributed by atoms with van der Waals surface area (Å²) in [4.78, 5) is 30.7. The summed E-state index contributed by atoms with van der Waals surface area (Å²) in [6.45, 7) is 1.29. The average Bonchev–Trinajstić information content (AvgIpc) is 3.51. The summed E-state index contributed by atoms with van der Waals surface area (Å²) in [6.07, 6.45) is 3.45. The topological polar surface area (TPSA) is 83.6 Å². The van der Waals surface area contributed by atoms with Gasteiger partial charge in [-0.3, -0.25) is 4.79 Å². The number of hydrogen-bond donors (Lipinski definition) is 2. The zero-order valence-electron chi connectivity index (χ0n) is 15.4. The molecule has 0 atom stereocenters. The van der Waals surface area contributed by atoms with Crippen molar-refractivity contribution in [1.29, 1.82) is 0 Å². The molecule has 1 aromatic heterocycles. The maximum absolute atomic E-state index is 12.7. The first-order chi connectivity index (χ1) is 13.1. The summed E-state index contributed by atoms with van der Waals surface area (Å²) in [5, 5.41) is 7.37. The second kappa shape index (κ2) is 7.42. The first-order valence-corrected chi connectivity index (χ1v) is 9.44. The zero-order valence-corrected chi connectivity index (χ0v) is 15.4. The lowest BCUT2D eigenvalue weighted by atomic mass is 10.0. The third kappa shape index (κ3) is 3.97. The van der Waals surface area contributed by atoms with E-state index in [1.54, 1.807) is 4.90 Å². The van der Waals surface area contributed by atoms with Crippen molar-refractivity contribution in [2.75, 3.05) is 25.5 Å². The van der Waals surface area contributed by atoms with E-state index in [4.69, 9.17) is 4.74 Å². The zero-order chi connectivity index (χ0) is 18.8. The van der Waals surface area contributed by atoms with Crippen molar-refractivity contribution in [3.8, 4) is 0 Å². The molecule has 1 saturated carbocycles. The highest BCUT2D eigenvalue weighted by molar-refractivity contribution is 6.07. The normalized spacial score (nSPS) is 17.6. The van der Waals surface area contributed by atoms with Crippen LogP contribution in [0.15, 0.2) is 30.3 Å². The largest absolute Gasteiger partial charge is 0.453 e. The number of ether oxygens (including phenoxy) is 1. The van der Waals surface area contributed by atoms with E-state index in [1.807, 2.05) is 30.3 Å². The number of carbonyl (C=O) groups excluding carboxylic acids is 2. The summed E-state index contributed by atoms with van der Waals surface area (Å²) in [6, 6.07) is 10.1. The molecule has 142 valence electrons. The Bertz CT molecular complexity index is 857. The molecule has 2 amide bonds. The Labute approximate surface area is 158 Å². The second-order valence-electron chi connectivity index (χ2n) is 7.20. The number of para-hydroxylation sites is 1. The van der Waals surface area contributed by atoms with Gasteiger partial charge in [-0.2, -0.15) is 0 Å². The molecule has 7 nitrogen and oxygen atoms in total. The van der Waals surface area contributed by atoms with Crippen molar-refractivity contribution in [1.82, 2.24) is 15.2 Å². The molecule has 0 bridgehead atoms. The summed E-state index contributed by atoms with van der Waals surface area (Å²) < 4.78 is 4.78. The molecule has 2 heterocycles. The van der Waals surface area contributed by atoms with Crippen molar-refractivity contribution in [2.45, 2.75) is 37.8 Å². The lowest BCUT2D eigenvalue weighted by molar-refractivity contribution is 0.0952. The molecule has 0 unspecified atom stereocenters. The number of methoxy groups -OCH3 is 1. The van der Waals surface area contributed by atoms with Gasteiger partial charge in [-0.1, -0.05) is 18.2 Å². The minimum absolute atomic E-state index is 0.0420. The highest BCUT2D eigenvalue weighted by Crippen LogP contribution is 2.25. The van der Waals surface area contributed by atoms with E-state index in [9.17, 15) is 9.59 Å². The number of aromatic nitrogens is 1. The second-order valence-corrected chi connectivity index (χ2v) is 7.20. The highest BCUT2D eigenvalue weighted by atomic mass is 16.5. The monoisotopic (exact) mass is 368 g/mol. The van der Waals surface area contributed by atoms with Crippen LogP contribution in [0.4, 0.5) is 10.6 Å². The number of nitrogens with zero attached hydrogens (tertiary/aromatic N) is 2. The van der Waals surface area contributed by atoms with Crippen LogP contribution >= 0.6 is 0 Å². The smallest absolute Gasteiger partial charge is 0.409 e. The number of anilines is 1. The summed E-state index contributed by atoms with van der Waals surface area (Å²) in [7, 11) is 1.40. The number of nitrogens with one attached hydrogen (secondary N) is 2. The number of likely N-dealkylation sites (tertiary alicyclic amines) is 1. The fourth-order valence-corrected chi connectivity index (χ4v) is 3.47. The van der Waals surface area contributed by atoms with Gasteiger partial charge < -0.3 is 20.3 Å². The molecule has 2 fully saturated rings. The Morgan fingerprint density at radius 3 is 2.56 bits per heavy atom. The summed E-state index contributed by atoms with van der Waals surface area (Å²) >= 11 is 0. The minimum Gasteiger partial charge on any atom is -0.453 e. The van der Waals surface area contributed by atoms with E-state index < -0.39 is 0 Å². The van der Waals surface area contributed by atoms with Crippen LogP contribution in [-0.2, 0) is 4.74 Å². The molecule has 2 N–H and O–H groups in total. The lowest BCUT2D eigenvalue weighted by Gasteiger charge is -2.31. The Balaban J connectivity index is 1.52. The van der Waals surface area contributed by atoms with Gasteiger partial charge >= 0.3 is 6.09 Å². The van der Waals surface area contributed by atoms with Crippen molar-refractivity contribution in [3.05, 3.63) is 35.9 Å². The molecule has 1 aliphatic heterocycles. The molecule has 7 heteroatoms. The van der Waals surface area contributed by atoms with Crippen LogP contribution in [0.1, 0.15) is 36.0 Å². The molecule has 0 radical (unpaired) electrons. The third-order valence-corrected chi connectivity index (χ3v) is 5.15. The van der Waals surface area contributed by atoms with Gasteiger partial charge in [0.25, 0.3) is 5.91 Å². The number of pyridine rings is 1. The predicted octanol–water partition coefficient (Wildman–Crippen LogP) is 2.77. The van der Waals surface area contributed by atoms with Crippen molar-refractivity contribution >= 4 is 28.7 Å². The van der Waals surface area contributed by atoms with Gasteiger partial charge in [-0.15, -0.1) is 0 Å². The molecule has 2 aromatic rings. The minimum atomic E-state index is -0.281. The summed E-state index contributed by atoms with van der Waals surface area (Å²) in [5.74, 6) is 0.658. The first kappa shape index (κ1) is 17.6. The van der Waals surface area contributed by atoms with Gasteiger partial charge in [0, 0.05) is 30.6 Å². The van der Waals surface area contributed by atoms with Gasteiger partial charge in [0.2, 0.25) is 0 Å². The quantitative estimate of drug-likeness (QED) is 0.867. The van der Waals surface area contributed by atoms with Crippen molar-refractivity contribution < 1.29 is 14.3 Å². The van der Waals surface area contributed by atoms with Gasteiger partial charge in [-0.05, 0) is 37.8 Å².